The van der Waals surface area contributed by atoms with Crippen LogP contribution in [0.2, 0.25) is 0 Å². The lowest BCUT2D eigenvalue weighted by atomic mass is 9.74. The number of anilines is 1. The van der Waals surface area contributed by atoms with Crippen LogP contribution in [0.1, 0.15) is 52.4 Å². The average Bonchev–Trinajstić information content (AvgIpc) is 3.51. The van der Waals surface area contributed by atoms with E-state index in [1.54, 1.807) is 36.3 Å². The number of nitrogens with zero attached hydrogens (tertiary/aromatic N) is 1. The number of amides is 3. The molecule has 1 aliphatic carbocycles. The van der Waals surface area contributed by atoms with Crippen LogP contribution in [0, 0.1) is 11.8 Å². The number of likely N-dealkylation sites (tertiary alicyclic amines) is 1. The first-order valence-electron chi connectivity index (χ1n) is 12.8. The summed E-state index contributed by atoms with van der Waals surface area (Å²) in [7, 11) is 1.57. The second-order valence-corrected chi connectivity index (χ2v) is 10.3. The third kappa shape index (κ3) is 3.92. The van der Waals surface area contributed by atoms with Crippen LogP contribution in [-0.2, 0) is 19.1 Å². The van der Waals surface area contributed by atoms with Crippen molar-refractivity contribution in [3.05, 3.63) is 36.4 Å². The first kappa shape index (κ1) is 23.9. The standard InChI is InChI=1S/C27H35N3O5/c1-4-16(2)30-23(25(32)28-17-9-6-5-7-10-17)27-14-13-20(35-27)21(22(27)26(30)33)24(31)29-18-11-8-12-19(15-18)34-3/h8,11-17,20-23H,4-7,9-10H2,1-3H3,(H,28,32)(H,29,31)/t16-,20-,21+,22-,23+,27-/m0/s1. The van der Waals surface area contributed by atoms with Crippen LogP contribution >= 0.6 is 0 Å². The average molecular weight is 482 g/mol. The number of carbonyl (C=O) groups excluding carboxylic acids is 3. The minimum atomic E-state index is -1.12. The van der Waals surface area contributed by atoms with E-state index in [0.29, 0.717) is 17.9 Å². The lowest BCUT2D eigenvalue weighted by molar-refractivity contribution is -0.143. The van der Waals surface area contributed by atoms with Gasteiger partial charge in [-0.15, -0.1) is 0 Å². The molecule has 2 saturated heterocycles. The SMILES string of the molecule is CC[C@H](C)N1C(=O)[C@@H]2[C@H](C(=O)Nc3cccc(OC)c3)[C@@H]3C=C[C@@]2(O3)[C@H]1C(=O)NC1CCCCC1. The first-order valence-corrected chi connectivity index (χ1v) is 12.8. The van der Waals surface area contributed by atoms with Crippen LogP contribution in [0.3, 0.4) is 0 Å². The van der Waals surface area contributed by atoms with Crippen LogP contribution in [0.5, 0.6) is 5.75 Å². The number of methoxy groups -OCH3 is 1. The van der Waals surface area contributed by atoms with Gasteiger partial charge < -0.3 is 25.0 Å². The van der Waals surface area contributed by atoms with Crippen molar-refractivity contribution >= 4 is 23.4 Å². The number of ether oxygens (including phenoxy) is 2. The second-order valence-electron chi connectivity index (χ2n) is 10.3. The van der Waals surface area contributed by atoms with E-state index in [2.05, 4.69) is 10.6 Å². The summed E-state index contributed by atoms with van der Waals surface area (Å²) < 4.78 is 11.7. The van der Waals surface area contributed by atoms with Crippen LogP contribution < -0.4 is 15.4 Å². The highest BCUT2D eigenvalue weighted by Crippen LogP contribution is 2.55. The Hall–Kier alpha value is -2.87. The monoisotopic (exact) mass is 481 g/mol. The molecule has 188 valence electrons. The number of nitrogens with one attached hydrogen (secondary N) is 2. The molecule has 3 fully saturated rings. The van der Waals surface area contributed by atoms with Crippen LogP contribution in [-0.4, -0.2) is 59.6 Å². The first-order chi connectivity index (χ1) is 16.9. The molecule has 2 N–H and O–H groups in total. The topological polar surface area (TPSA) is 97.0 Å². The summed E-state index contributed by atoms with van der Waals surface area (Å²) in [5, 5.41) is 6.15. The number of benzene rings is 1. The Balaban J connectivity index is 1.44. The van der Waals surface area contributed by atoms with Gasteiger partial charge in [0.15, 0.2) is 0 Å². The van der Waals surface area contributed by atoms with Crippen LogP contribution in [0.25, 0.3) is 0 Å². The van der Waals surface area contributed by atoms with Gasteiger partial charge in [-0.25, -0.2) is 0 Å². The zero-order valence-electron chi connectivity index (χ0n) is 20.7. The molecule has 2 bridgehead atoms. The number of hydrogen-bond acceptors (Lipinski definition) is 5. The molecule has 1 aromatic carbocycles. The number of hydrogen-bond donors (Lipinski definition) is 2. The molecule has 5 rings (SSSR count). The molecule has 3 aliphatic heterocycles. The predicted octanol–water partition coefficient (Wildman–Crippen LogP) is 3.03. The van der Waals surface area contributed by atoms with Crippen molar-refractivity contribution in [1.29, 1.82) is 0 Å². The van der Waals surface area contributed by atoms with Gasteiger partial charge in [-0.1, -0.05) is 44.4 Å². The van der Waals surface area contributed by atoms with Gasteiger partial charge in [0.25, 0.3) is 0 Å². The molecule has 3 heterocycles. The third-order valence-electron chi connectivity index (χ3n) is 8.22. The fraction of sp³-hybridized carbons (Fsp3) is 0.593. The second kappa shape index (κ2) is 9.30. The minimum Gasteiger partial charge on any atom is -0.497 e. The summed E-state index contributed by atoms with van der Waals surface area (Å²) in [6.45, 7) is 3.96. The van der Waals surface area contributed by atoms with Crippen molar-refractivity contribution in [3.8, 4) is 5.75 Å². The molecule has 6 atom stereocenters. The molecule has 0 unspecified atom stereocenters. The Bertz CT molecular complexity index is 1040. The quantitative estimate of drug-likeness (QED) is 0.584. The Labute approximate surface area is 206 Å². The molecule has 3 amide bonds. The van der Waals surface area contributed by atoms with Crippen molar-refractivity contribution in [1.82, 2.24) is 10.2 Å². The van der Waals surface area contributed by atoms with Gasteiger partial charge in [0.05, 0.1) is 25.0 Å². The van der Waals surface area contributed by atoms with Crippen molar-refractivity contribution in [3.63, 3.8) is 0 Å². The van der Waals surface area contributed by atoms with Gasteiger partial charge in [-0.2, -0.15) is 0 Å². The number of rotatable bonds is 7. The van der Waals surface area contributed by atoms with Crippen molar-refractivity contribution in [2.75, 3.05) is 12.4 Å². The predicted molar refractivity (Wildman–Crippen MR) is 131 cm³/mol. The summed E-state index contributed by atoms with van der Waals surface area (Å²) in [6.07, 6.45) is 9.17. The summed E-state index contributed by atoms with van der Waals surface area (Å²) in [5.74, 6) is -1.46. The molecule has 35 heavy (non-hydrogen) atoms. The molecular formula is C27H35N3O5. The Kier molecular flexibility index (Phi) is 6.34. The summed E-state index contributed by atoms with van der Waals surface area (Å²) >= 11 is 0. The summed E-state index contributed by atoms with van der Waals surface area (Å²) in [4.78, 5) is 42.8. The maximum Gasteiger partial charge on any atom is 0.246 e. The van der Waals surface area contributed by atoms with E-state index in [1.165, 1.54) is 6.42 Å². The fourth-order valence-corrected chi connectivity index (χ4v) is 6.33. The number of carbonyl (C=O) groups is 3. The van der Waals surface area contributed by atoms with E-state index in [0.717, 1.165) is 25.7 Å². The molecule has 8 heteroatoms. The van der Waals surface area contributed by atoms with Crippen LogP contribution in [0.15, 0.2) is 36.4 Å². The van der Waals surface area contributed by atoms with E-state index >= 15 is 0 Å². The fourth-order valence-electron chi connectivity index (χ4n) is 6.33. The van der Waals surface area contributed by atoms with Crippen molar-refractivity contribution in [2.24, 2.45) is 11.8 Å². The van der Waals surface area contributed by atoms with Gasteiger partial charge in [-0.05, 0) is 38.3 Å². The highest BCUT2D eigenvalue weighted by molar-refractivity contribution is 6.03. The lowest BCUT2D eigenvalue weighted by Crippen LogP contribution is -2.58. The number of fused-ring (bicyclic) bond motifs is 1. The highest BCUT2D eigenvalue weighted by Gasteiger charge is 2.73. The smallest absolute Gasteiger partial charge is 0.246 e. The Morgan fingerprint density at radius 2 is 2.00 bits per heavy atom. The maximum absolute atomic E-state index is 13.9. The van der Waals surface area contributed by atoms with Crippen molar-refractivity contribution in [2.45, 2.75) is 82.2 Å². The molecule has 0 aromatic heterocycles. The Morgan fingerprint density at radius 1 is 1.23 bits per heavy atom. The molecule has 0 radical (unpaired) electrons. The van der Waals surface area contributed by atoms with Gasteiger partial charge in [-0.3, -0.25) is 14.4 Å². The zero-order chi connectivity index (χ0) is 24.7. The molecule has 4 aliphatic rings. The van der Waals surface area contributed by atoms with Gasteiger partial charge in [0, 0.05) is 23.8 Å². The van der Waals surface area contributed by atoms with E-state index in [4.69, 9.17) is 9.47 Å². The molecule has 1 spiro atoms. The van der Waals surface area contributed by atoms with Gasteiger partial charge in [0.2, 0.25) is 17.7 Å². The third-order valence-corrected chi connectivity index (χ3v) is 8.22. The molecule has 1 saturated carbocycles. The summed E-state index contributed by atoms with van der Waals surface area (Å²) in [6, 6.07) is 6.30. The molecular weight excluding hydrogens is 446 g/mol. The summed E-state index contributed by atoms with van der Waals surface area (Å²) in [5.41, 5.74) is -0.536. The largest absolute Gasteiger partial charge is 0.497 e. The zero-order valence-corrected chi connectivity index (χ0v) is 20.7. The maximum atomic E-state index is 13.9. The molecule has 1 aromatic rings. The Morgan fingerprint density at radius 3 is 2.71 bits per heavy atom. The van der Waals surface area contributed by atoms with E-state index in [-0.39, 0.29) is 29.8 Å². The molecule has 8 nitrogen and oxygen atoms in total. The van der Waals surface area contributed by atoms with Crippen LogP contribution in [0.4, 0.5) is 5.69 Å². The van der Waals surface area contributed by atoms with Gasteiger partial charge in [0.1, 0.15) is 17.4 Å². The van der Waals surface area contributed by atoms with E-state index < -0.39 is 29.6 Å². The van der Waals surface area contributed by atoms with E-state index in [9.17, 15) is 14.4 Å². The minimum absolute atomic E-state index is 0.121. The van der Waals surface area contributed by atoms with Gasteiger partial charge >= 0.3 is 0 Å². The lowest BCUT2D eigenvalue weighted by Gasteiger charge is -2.36. The highest BCUT2D eigenvalue weighted by atomic mass is 16.5. The van der Waals surface area contributed by atoms with E-state index in [1.807, 2.05) is 26.0 Å². The normalized spacial score (nSPS) is 32.4. The van der Waals surface area contributed by atoms with Crippen molar-refractivity contribution < 1.29 is 23.9 Å².